The van der Waals surface area contributed by atoms with Gasteiger partial charge < -0.3 is 0 Å². The van der Waals surface area contributed by atoms with E-state index in [9.17, 15) is 4.79 Å². The van der Waals surface area contributed by atoms with Crippen molar-refractivity contribution in [3.63, 3.8) is 0 Å². The van der Waals surface area contributed by atoms with Gasteiger partial charge in [-0.05, 0) is 41.3 Å². The van der Waals surface area contributed by atoms with Gasteiger partial charge in [0.15, 0.2) is 5.78 Å². The molecule has 0 bridgehead atoms. The number of nitrogens with zero attached hydrogens (tertiary/aromatic N) is 2. The van der Waals surface area contributed by atoms with Gasteiger partial charge in [0.05, 0.1) is 0 Å². The van der Waals surface area contributed by atoms with Crippen molar-refractivity contribution in [2.75, 3.05) is 0 Å². The van der Waals surface area contributed by atoms with Crippen molar-refractivity contribution >= 4 is 45.3 Å². The highest BCUT2D eigenvalue weighted by molar-refractivity contribution is 8.39. The molecule has 0 unspecified atom stereocenters. The zero-order valence-corrected chi connectivity index (χ0v) is 14.9. The molecule has 0 aliphatic heterocycles. The van der Waals surface area contributed by atoms with Crippen LogP contribution in [-0.2, 0) is 5.75 Å². The molecule has 24 heavy (non-hydrogen) atoms. The van der Waals surface area contributed by atoms with Crippen LogP contribution in [0, 0.1) is 11.5 Å². The van der Waals surface area contributed by atoms with Gasteiger partial charge in [-0.1, -0.05) is 65.5 Å². The molecule has 2 aromatic rings. The first-order valence-electron chi connectivity index (χ1n) is 6.95. The number of nitriles is 1. The highest BCUT2D eigenvalue weighted by atomic mass is 35.5. The van der Waals surface area contributed by atoms with Gasteiger partial charge in [0.1, 0.15) is 4.38 Å². The first kappa shape index (κ1) is 18.3. The van der Waals surface area contributed by atoms with Gasteiger partial charge in [-0.2, -0.15) is 10.3 Å². The van der Waals surface area contributed by atoms with E-state index in [-0.39, 0.29) is 5.78 Å². The fraction of sp³-hybridized carbons (Fsp3) is 0.0556. The van der Waals surface area contributed by atoms with Crippen LogP contribution < -0.4 is 0 Å². The number of thioether (sulfide) groups is 2. The third kappa shape index (κ3) is 6.25. The number of hydrogen-bond donors (Lipinski definition) is 0. The molecule has 0 fully saturated rings. The Bertz CT molecular complexity index is 781. The van der Waals surface area contributed by atoms with Crippen molar-refractivity contribution in [3.05, 3.63) is 82.2 Å². The molecule has 2 rings (SSSR count). The predicted octanol–water partition coefficient (Wildman–Crippen LogP) is 5.54. The van der Waals surface area contributed by atoms with E-state index < -0.39 is 0 Å². The molecule has 120 valence electrons. The third-order valence-electron chi connectivity index (χ3n) is 2.86. The van der Waals surface area contributed by atoms with Crippen molar-refractivity contribution in [1.29, 1.82) is 5.26 Å². The fourth-order valence-electron chi connectivity index (χ4n) is 1.72. The predicted molar refractivity (Wildman–Crippen MR) is 103 cm³/mol. The second kappa shape index (κ2) is 9.99. The smallest absolute Gasteiger partial charge is 0.207 e. The van der Waals surface area contributed by atoms with E-state index in [0.717, 1.165) is 5.56 Å². The number of allylic oxidation sites excluding steroid dienone is 1. The lowest BCUT2D eigenvalue weighted by Gasteiger charge is -2.01. The molecule has 0 saturated carbocycles. The van der Waals surface area contributed by atoms with Crippen molar-refractivity contribution in [3.8, 4) is 6.19 Å². The maximum atomic E-state index is 12.0. The van der Waals surface area contributed by atoms with E-state index >= 15 is 0 Å². The Hall–Kier alpha value is -2.00. The molecule has 2 aromatic carbocycles. The SMILES string of the molecule is N#CN=C(SC=CC(=O)c1ccc(Cl)cc1)SCc1ccccc1. The van der Waals surface area contributed by atoms with E-state index in [1.807, 2.05) is 30.3 Å². The number of benzene rings is 2. The second-order valence-electron chi connectivity index (χ2n) is 4.54. The molecule has 0 aliphatic rings. The molecular weight excluding hydrogens is 360 g/mol. The van der Waals surface area contributed by atoms with Crippen molar-refractivity contribution < 1.29 is 4.79 Å². The van der Waals surface area contributed by atoms with E-state index in [1.165, 1.54) is 29.6 Å². The average molecular weight is 373 g/mol. The Kier molecular flexibility index (Phi) is 7.63. The Morgan fingerprint density at radius 2 is 1.88 bits per heavy atom. The zero-order valence-electron chi connectivity index (χ0n) is 12.6. The zero-order chi connectivity index (χ0) is 17.2. The first-order chi connectivity index (χ1) is 11.7. The number of hydrogen-bond acceptors (Lipinski definition) is 5. The number of carbonyl (C=O) groups is 1. The van der Waals surface area contributed by atoms with Gasteiger partial charge in [0, 0.05) is 16.3 Å². The summed E-state index contributed by atoms with van der Waals surface area (Å²) in [7, 11) is 0. The Labute approximate surface area is 154 Å². The summed E-state index contributed by atoms with van der Waals surface area (Å²) in [6.07, 6.45) is 3.26. The molecule has 3 nitrogen and oxygen atoms in total. The van der Waals surface area contributed by atoms with E-state index in [0.29, 0.717) is 20.7 Å². The molecule has 0 amide bonds. The number of halogens is 1. The summed E-state index contributed by atoms with van der Waals surface area (Å²) in [5, 5.41) is 11.0. The van der Waals surface area contributed by atoms with Crippen LogP contribution in [0.3, 0.4) is 0 Å². The summed E-state index contributed by atoms with van der Waals surface area (Å²) in [6, 6.07) is 16.6. The van der Waals surface area contributed by atoms with Crippen LogP contribution in [0.5, 0.6) is 0 Å². The van der Waals surface area contributed by atoms with Crippen LogP contribution >= 0.6 is 35.1 Å². The maximum absolute atomic E-state index is 12.0. The van der Waals surface area contributed by atoms with Crippen molar-refractivity contribution in [1.82, 2.24) is 0 Å². The third-order valence-corrected chi connectivity index (χ3v) is 5.14. The molecule has 0 aliphatic carbocycles. The molecule has 0 heterocycles. The monoisotopic (exact) mass is 372 g/mol. The standard InChI is InChI=1S/C18H13ClN2OS2/c19-16-8-6-15(7-9-16)17(22)10-11-23-18(21-13-20)24-12-14-4-2-1-3-5-14/h1-11H,12H2. The van der Waals surface area contributed by atoms with Gasteiger partial charge in [-0.25, -0.2) is 0 Å². The van der Waals surface area contributed by atoms with Crippen molar-refractivity contribution in [2.24, 2.45) is 4.99 Å². The lowest BCUT2D eigenvalue weighted by Crippen LogP contribution is -1.93. The van der Waals surface area contributed by atoms with Gasteiger partial charge >= 0.3 is 0 Å². The van der Waals surface area contributed by atoms with Crippen LogP contribution in [0.1, 0.15) is 15.9 Å². The molecule has 0 N–H and O–H groups in total. The van der Waals surface area contributed by atoms with Crippen LogP contribution in [0.2, 0.25) is 5.02 Å². The molecular formula is C18H13ClN2OS2. The summed E-state index contributed by atoms with van der Waals surface area (Å²) in [6.45, 7) is 0. The molecule has 0 aromatic heterocycles. The second-order valence-corrected chi connectivity index (χ2v) is 7.10. The minimum absolute atomic E-state index is 0.122. The molecule has 0 atom stereocenters. The van der Waals surface area contributed by atoms with Crippen LogP contribution in [0.25, 0.3) is 0 Å². The Morgan fingerprint density at radius 1 is 1.17 bits per heavy atom. The van der Waals surface area contributed by atoms with Gasteiger partial charge in [0.2, 0.25) is 6.19 Å². The average Bonchev–Trinajstić information content (AvgIpc) is 2.61. The van der Waals surface area contributed by atoms with Gasteiger partial charge in [-0.15, -0.1) is 0 Å². The van der Waals surface area contributed by atoms with E-state index in [2.05, 4.69) is 4.99 Å². The summed E-state index contributed by atoms with van der Waals surface area (Å²) < 4.78 is 0.599. The van der Waals surface area contributed by atoms with Gasteiger partial charge in [0.25, 0.3) is 0 Å². The van der Waals surface area contributed by atoms with Crippen LogP contribution in [0.4, 0.5) is 0 Å². The van der Waals surface area contributed by atoms with E-state index in [4.69, 9.17) is 16.9 Å². The maximum Gasteiger partial charge on any atom is 0.207 e. The quantitative estimate of drug-likeness (QED) is 0.227. The highest BCUT2D eigenvalue weighted by Gasteiger charge is 2.04. The molecule has 0 saturated heterocycles. The minimum Gasteiger partial charge on any atom is -0.289 e. The molecule has 0 radical (unpaired) electrons. The lowest BCUT2D eigenvalue weighted by molar-refractivity contribution is 0.104. The topological polar surface area (TPSA) is 53.2 Å². The Morgan fingerprint density at radius 3 is 2.54 bits per heavy atom. The Balaban J connectivity index is 1.91. The number of carbonyl (C=O) groups excluding carboxylic acids is 1. The number of aliphatic imine (C=N–C) groups is 1. The van der Waals surface area contributed by atoms with E-state index in [1.54, 1.807) is 35.9 Å². The summed E-state index contributed by atoms with van der Waals surface area (Å²) in [5.74, 6) is 0.594. The molecule has 6 heteroatoms. The highest BCUT2D eigenvalue weighted by Crippen LogP contribution is 2.22. The minimum atomic E-state index is -0.122. The summed E-state index contributed by atoms with van der Waals surface area (Å²) in [4.78, 5) is 15.8. The van der Waals surface area contributed by atoms with Gasteiger partial charge in [-0.3, -0.25) is 4.79 Å². The summed E-state index contributed by atoms with van der Waals surface area (Å²) in [5.41, 5.74) is 1.71. The first-order valence-corrected chi connectivity index (χ1v) is 9.20. The lowest BCUT2D eigenvalue weighted by atomic mass is 10.1. The van der Waals surface area contributed by atoms with Crippen LogP contribution in [0.15, 0.2) is 71.1 Å². The molecule has 0 spiro atoms. The normalized spacial score (nSPS) is 11.4. The van der Waals surface area contributed by atoms with Crippen LogP contribution in [-0.4, -0.2) is 10.2 Å². The number of ketones is 1. The summed E-state index contributed by atoms with van der Waals surface area (Å²) >= 11 is 8.51. The largest absolute Gasteiger partial charge is 0.289 e. The fourth-order valence-corrected chi connectivity index (χ4v) is 3.45. The van der Waals surface area contributed by atoms with Crippen molar-refractivity contribution in [2.45, 2.75) is 5.75 Å². The number of rotatable bonds is 5.